The lowest BCUT2D eigenvalue weighted by Gasteiger charge is -2.30. The largest absolute Gasteiger partial charge is 0.356 e. The van der Waals surface area contributed by atoms with Crippen molar-refractivity contribution in [1.29, 1.82) is 0 Å². The third-order valence-electron chi connectivity index (χ3n) is 7.87. The Hall–Kier alpha value is -3.51. The Morgan fingerprint density at radius 2 is 1.74 bits per heavy atom. The average molecular weight is 525 g/mol. The topological polar surface area (TPSA) is 71.3 Å². The van der Waals surface area contributed by atoms with Crippen molar-refractivity contribution in [3.05, 3.63) is 83.7 Å². The van der Waals surface area contributed by atoms with Crippen molar-refractivity contribution < 1.29 is 9.32 Å². The number of benzene rings is 3. The Balaban J connectivity index is 1.07. The molecule has 204 valence electrons. The lowest BCUT2D eigenvalue weighted by molar-refractivity contribution is -0.126. The van der Waals surface area contributed by atoms with Gasteiger partial charge in [0.2, 0.25) is 17.6 Å². The number of carbonyl (C=O) groups excluding carboxylic acids is 1. The smallest absolute Gasteiger partial charge is 0.241 e. The molecule has 1 amide bonds. The summed E-state index contributed by atoms with van der Waals surface area (Å²) in [6.07, 6.45) is 2.64. The first-order chi connectivity index (χ1) is 18.8. The normalized spacial score (nSPS) is 15.9. The minimum Gasteiger partial charge on any atom is -0.356 e. The number of rotatable bonds is 8. The number of nitrogens with zero attached hydrogens (tertiary/aromatic N) is 3. The summed E-state index contributed by atoms with van der Waals surface area (Å²) in [6.45, 7) is 11.8. The zero-order chi connectivity index (χ0) is 27.4. The predicted molar refractivity (Wildman–Crippen MR) is 156 cm³/mol. The molecule has 4 aromatic rings. The van der Waals surface area contributed by atoms with Gasteiger partial charge in [-0.1, -0.05) is 99.6 Å². The molecule has 0 bridgehead atoms. The summed E-state index contributed by atoms with van der Waals surface area (Å²) in [7, 11) is 0. The van der Waals surface area contributed by atoms with Crippen LogP contribution in [0.25, 0.3) is 22.2 Å². The minimum absolute atomic E-state index is 0.0607. The van der Waals surface area contributed by atoms with E-state index in [2.05, 4.69) is 115 Å². The summed E-state index contributed by atoms with van der Waals surface area (Å²) in [5, 5.41) is 9.99. The second kappa shape index (κ2) is 11.7. The van der Waals surface area contributed by atoms with Crippen LogP contribution in [0.5, 0.6) is 0 Å². The second-order valence-corrected chi connectivity index (χ2v) is 12.1. The zero-order valence-electron chi connectivity index (χ0n) is 23.6. The van der Waals surface area contributed by atoms with E-state index in [9.17, 15) is 4.79 Å². The highest BCUT2D eigenvalue weighted by atomic mass is 16.5. The summed E-state index contributed by atoms with van der Waals surface area (Å²) in [5.41, 5.74) is 3.69. The number of amides is 1. The van der Waals surface area contributed by atoms with E-state index in [1.807, 2.05) is 0 Å². The van der Waals surface area contributed by atoms with Crippen LogP contribution in [0.3, 0.4) is 0 Å². The molecule has 0 saturated carbocycles. The molecule has 0 aliphatic carbocycles. The summed E-state index contributed by atoms with van der Waals surface area (Å²) < 4.78 is 5.55. The van der Waals surface area contributed by atoms with Crippen molar-refractivity contribution in [2.24, 2.45) is 11.8 Å². The standard InChI is InChI=1S/C33H40N4O2/c1-23(20-27-10-7-9-24-8-5-6-11-29(24)27)21-34-32(38)26-16-18-37(19-17-26)22-30-35-31(36-39-30)25-12-14-28(15-13-25)33(2,3)4/h5-15,23,26H,16-22H2,1-4H3,(H,34,38). The quantitative estimate of drug-likeness (QED) is 0.289. The average Bonchev–Trinajstić information content (AvgIpc) is 3.40. The molecule has 1 unspecified atom stereocenters. The highest BCUT2D eigenvalue weighted by Gasteiger charge is 2.26. The van der Waals surface area contributed by atoms with Crippen molar-refractivity contribution in [3.8, 4) is 11.4 Å². The van der Waals surface area contributed by atoms with Gasteiger partial charge in [0.1, 0.15) is 0 Å². The number of nitrogens with one attached hydrogen (secondary N) is 1. The number of carbonyl (C=O) groups is 1. The molecule has 5 rings (SSSR count). The Bertz CT molecular complexity index is 1390. The zero-order valence-corrected chi connectivity index (χ0v) is 23.6. The van der Waals surface area contributed by atoms with E-state index < -0.39 is 0 Å². The molecule has 39 heavy (non-hydrogen) atoms. The van der Waals surface area contributed by atoms with E-state index in [0.29, 0.717) is 30.7 Å². The maximum Gasteiger partial charge on any atom is 0.241 e. The van der Waals surface area contributed by atoms with Crippen molar-refractivity contribution in [2.45, 2.75) is 58.9 Å². The van der Waals surface area contributed by atoms with Crippen LogP contribution in [0, 0.1) is 11.8 Å². The van der Waals surface area contributed by atoms with E-state index in [-0.39, 0.29) is 17.2 Å². The molecule has 1 fully saturated rings. The van der Waals surface area contributed by atoms with Gasteiger partial charge in [-0.05, 0) is 65.6 Å². The van der Waals surface area contributed by atoms with E-state index in [1.54, 1.807) is 0 Å². The molecule has 6 heteroatoms. The lowest BCUT2D eigenvalue weighted by atomic mass is 9.87. The maximum atomic E-state index is 12.9. The van der Waals surface area contributed by atoms with Crippen molar-refractivity contribution in [2.75, 3.05) is 19.6 Å². The van der Waals surface area contributed by atoms with Gasteiger partial charge < -0.3 is 9.84 Å². The molecule has 1 N–H and O–H groups in total. The van der Waals surface area contributed by atoms with Gasteiger partial charge in [-0.2, -0.15) is 4.98 Å². The molecular formula is C33H40N4O2. The minimum atomic E-state index is 0.0607. The third kappa shape index (κ3) is 6.74. The Labute approximate surface area is 231 Å². The monoisotopic (exact) mass is 524 g/mol. The van der Waals surface area contributed by atoms with Crippen LogP contribution in [0.15, 0.2) is 71.3 Å². The summed E-state index contributed by atoms with van der Waals surface area (Å²) in [6, 6.07) is 23.4. The van der Waals surface area contributed by atoms with Crippen LogP contribution in [0.1, 0.15) is 57.6 Å². The van der Waals surface area contributed by atoms with Gasteiger partial charge in [0.25, 0.3) is 0 Å². The van der Waals surface area contributed by atoms with Crippen molar-refractivity contribution in [3.63, 3.8) is 0 Å². The Kier molecular flexibility index (Phi) is 8.12. The molecule has 0 radical (unpaired) electrons. The fourth-order valence-corrected chi connectivity index (χ4v) is 5.44. The molecule has 1 aliphatic heterocycles. The number of hydrogen-bond acceptors (Lipinski definition) is 5. The number of likely N-dealkylation sites (tertiary alicyclic amines) is 1. The molecule has 1 saturated heterocycles. The summed E-state index contributed by atoms with van der Waals surface area (Å²) in [4.78, 5) is 19.8. The molecule has 6 nitrogen and oxygen atoms in total. The van der Waals surface area contributed by atoms with Crippen LogP contribution < -0.4 is 5.32 Å². The Morgan fingerprint density at radius 3 is 2.49 bits per heavy atom. The number of fused-ring (bicyclic) bond motifs is 1. The van der Waals surface area contributed by atoms with Gasteiger partial charge in [-0.3, -0.25) is 9.69 Å². The first-order valence-electron chi connectivity index (χ1n) is 14.2. The summed E-state index contributed by atoms with van der Waals surface area (Å²) >= 11 is 0. The lowest BCUT2D eigenvalue weighted by Crippen LogP contribution is -2.41. The first kappa shape index (κ1) is 27.1. The number of aromatic nitrogens is 2. The van der Waals surface area contributed by atoms with Gasteiger partial charge in [-0.15, -0.1) is 0 Å². The van der Waals surface area contributed by atoms with E-state index in [0.717, 1.165) is 37.9 Å². The summed E-state index contributed by atoms with van der Waals surface area (Å²) in [5.74, 6) is 1.85. The highest BCUT2D eigenvalue weighted by molar-refractivity contribution is 5.85. The van der Waals surface area contributed by atoms with Crippen LogP contribution in [-0.2, 0) is 23.2 Å². The van der Waals surface area contributed by atoms with Gasteiger partial charge in [0, 0.05) is 18.0 Å². The maximum absolute atomic E-state index is 12.9. The fourth-order valence-electron chi connectivity index (χ4n) is 5.44. The van der Waals surface area contributed by atoms with Crippen LogP contribution in [-0.4, -0.2) is 40.6 Å². The molecule has 0 spiro atoms. The second-order valence-electron chi connectivity index (χ2n) is 12.1. The van der Waals surface area contributed by atoms with E-state index >= 15 is 0 Å². The molecule has 2 heterocycles. The predicted octanol–water partition coefficient (Wildman–Crippen LogP) is 6.39. The number of piperidine rings is 1. The van der Waals surface area contributed by atoms with Gasteiger partial charge >= 0.3 is 0 Å². The SMILES string of the molecule is CC(CNC(=O)C1CCN(Cc2nc(-c3ccc(C(C)(C)C)cc3)no2)CC1)Cc1cccc2ccccc12. The molecular weight excluding hydrogens is 484 g/mol. The number of hydrogen-bond donors (Lipinski definition) is 1. The van der Waals surface area contributed by atoms with Crippen LogP contribution in [0.4, 0.5) is 0 Å². The van der Waals surface area contributed by atoms with Crippen LogP contribution in [0.2, 0.25) is 0 Å². The van der Waals surface area contributed by atoms with Gasteiger partial charge in [0.15, 0.2) is 0 Å². The van der Waals surface area contributed by atoms with Crippen molar-refractivity contribution in [1.82, 2.24) is 20.4 Å². The molecule has 3 aromatic carbocycles. The Morgan fingerprint density at radius 1 is 1.03 bits per heavy atom. The first-order valence-corrected chi connectivity index (χ1v) is 14.2. The fraction of sp³-hybridized carbons (Fsp3) is 0.424. The van der Waals surface area contributed by atoms with E-state index in [1.165, 1.54) is 21.9 Å². The van der Waals surface area contributed by atoms with Gasteiger partial charge in [-0.25, -0.2) is 0 Å². The van der Waals surface area contributed by atoms with Crippen LogP contribution >= 0.6 is 0 Å². The van der Waals surface area contributed by atoms with Crippen molar-refractivity contribution >= 4 is 16.7 Å². The van der Waals surface area contributed by atoms with Gasteiger partial charge in [0.05, 0.1) is 6.54 Å². The highest BCUT2D eigenvalue weighted by Crippen LogP contribution is 2.26. The molecule has 1 atom stereocenters. The van der Waals surface area contributed by atoms with E-state index in [4.69, 9.17) is 4.52 Å². The molecule has 1 aromatic heterocycles. The molecule has 1 aliphatic rings. The third-order valence-corrected chi connectivity index (χ3v) is 7.87.